The number of hydrogen-bond acceptors (Lipinski definition) is 3. The van der Waals surface area contributed by atoms with Gasteiger partial charge in [0, 0.05) is 16.8 Å². The lowest BCUT2D eigenvalue weighted by atomic mass is 9.85. The minimum atomic E-state index is -0.279. The lowest BCUT2D eigenvalue weighted by Gasteiger charge is -2.22. The van der Waals surface area contributed by atoms with Crippen molar-refractivity contribution in [2.45, 2.75) is 32.6 Å². The number of ether oxygens (including phenoxy) is 1. The molecule has 0 saturated heterocycles. The standard InChI is InChI=1S/C12H17NO2/c1-9-6-5-7-10(13-9)12(2,3)8-11(14)15-4/h5-7H,8H2,1-4H3. The molecular weight excluding hydrogens is 190 g/mol. The molecule has 0 atom stereocenters. The third kappa shape index (κ3) is 3.05. The summed E-state index contributed by atoms with van der Waals surface area (Å²) in [6.45, 7) is 5.93. The lowest BCUT2D eigenvalue weighted by Crippen LogP contribution is -2.24. The predicted molar refractivity (Wildman–Crippen MR) is 58.6 cm³/mol. The molecule has 0 unspecified atom stereocenters. The molecule has 1 aromatic rings. The zero-order chi connectivity index (χ0) is 11.5. The summed E-state index contributed by atoms with van der Waals surface area (Å²) < 4.78 is 4.67. The Morgan fingerprint density at radius 2 is 2.13 bits per heavy atom. The van der Waals surface area contributed by atoms with Crippen LogP contribution in [0.2, 0.25) is 0 Å². The van der Waals surface area contributed by atoms with E-state index >= 15 is 0 Å². The van der Waals surface area contributed by atoms with Gasteiger partial charge in [-0.3, -0.25) is 9.78 Å². The zero-order valence-electron chi connectivity index (χ0n) is 9.70. The van der Waals surface area contributed by atoms with Crippen molar-refractivity contribution in [3.8, 4) is 0 Å². The van der Waals surface area contributed by atoms with E-state index in [0.717, 1.165) is 11.4 Å². The minimum absolute atomic E-state index is 0.205. The molecule has 0 spiro atoms. The van der Waals surface area contributed by atoms with Gasteiger partial charge in [0.25, 0.3) is 0 Å². The number of carbonyl (C=O) groups excluding carboxylic acids is 1. The van der Waals surface area contributed by atoms with Gasteiger partial charge in [0.2, 0.25) is 0 Å². The molecule has 0 aliphatic heterocycles. The molecule has 1 aromatic heterocycles. The molecule has 0 amide bonds. The van der Waals surface area contributed by atoms with Crippen LogP contribution in [-0.2, 0) is 14.9 Å². The molecule has 0 aliphatic rings. The van der Waals surface area contributed by atoms with Gasteiger partial charge in [-0.25, -0.2) is 0 Å². The van der Waals surface area contributed by atoms with E-state index in [4.69, 9.17) is 0 Å². The van der Waals surface area contributed by atoms with Gasteiger partial charge >= 0.3 is 5.97 Å². The Morgan fingerprint density at radius 1 is 1.47 bits per heavy atom. The summed E-state index contributed by atoms with van der Waals surface area (Å²) in [5.41, 5.74) is 1.61. The molecule has 0 aromatic carbocycles. The molecule has 0 saturated carbocycles. The van der Waals surface area contributed by atoms with Crippen LogP contribution < -0.4 is 0 Å². The van der Waals surface area contributed by atoms with E-state index in [-0.39, 0.29) is 11.4 Å². The second kappa shape index (κ2) is 4.43. The molecule has 3 nitrogen and oxygen atoms in total. The van der Waals surface area contributed by atoms with Crippen molar-refractivity contribution >= 4 is 5.97 Å². The number of pyridine rings is 1. The van der Waals surface area contributed by atoms with E-state index in [0.29, 0.717) is 6.42 Å². The van der Waals surface area contributed by atoms with Gasteiger partial charge < -0.3 is 4.74 Å². The second-order valence-electron chi connectivity index (χ2n) is 4.30. The van der Waals surface area contributed by atoms with Crippen LogP contribution in [0, 0.1) is 6.92 Å². The average Bonchev–Trinajstić information content (AvgIpc) is 2.17. The van der Waals surface area contributed by atoms with Gasteiger partial charge in [-0.1, -0.05) is 19.9 Å². The Kier molecular flexibility index (Phi) is 3.45. The predicted octanol–water partition coefficient (Wildman–Crippen LogP) is 2.23. The van der Waals surface area contributed by atoms with Gasteiger partial charge in [0.15, 0.2) is 0 Å². The highest BCUT2D eigenvalue weighted by Crippen LogP contribution is 2.25. The fourth-order valence-electron chi connectivity index (χ4n) is 1.44. The summed E-state index contributed by atoms with van der Waals surface area (Å²) in [7, 11) is 1.40. The number of hydrogen-bond donors (Lipinski definition) is 0. The van der Waals surface area contributed by atoms with Gasteiger partial charge in [-0.05, 0) is 19.1 Å². The molecule has 0 radical (unpaired) electrons. The van der Waals surface area contributed by atoms with Crippen LogP contribution in [-0.4, -0.2) is 18.1 Å². The lowest BCUT2D eigenvalue weighted by molar-refractivity contribution is -0.141. The van der Waals surface area contributed by atoms with Crippen LogP contribution in [0.15, 0.2) is 18.2 Å². The molecule has 0 bridgehead atoms. The molecule has 3 heteroatoms. The van der Waals surface area contributed by atoms with Crippen molar-refractivity contribution < 1.29 is 9.53 Å². The highest BCUT2D eigenvalue weighted by atomic mass is 16.5. The van der Waals surface area contributed by atoms with Crippen LogP contribution in [0.1, 0.15) is 31.7 Å². The van der Waals surface area contributed by atoms with Crippen molar-refractivity contribution in [2.24, 2.45) is 0 Å². The van der Waals surface area contributed by atoms with Crippen molar-refractivity contribution in [1.82, 2.24) is 4.98 Å². The Labute approximate surface area is 90.5 Å². The summed E-state index contributed by atoms with van der Waals surface area (Å²) >= 11 is 0. The molecule has 0 N–H and O–H groups in total. The number of methoxy groups -OCH3 is 1. The van der Waals surface area contributed by atoms with Crippen LogP contribution >= 0.6 is 0 Å². The topological polar surface area (TPSA) is 39.2 Å². The highest BCUT2D eigenvalue weighted by molar-refractivity contribution is 5.70. The van der Waals surface area contributed by atoms with Crippen molar-refractivity contribution in [1.29, 1.82) is 0 Å². The third-order valence-corrected chi connectivity index (χ3v) is 2.40. The Morgan fingerprint density at radius 3 is 2.67 bits per heavy atom. The molecule has 0 fully saturated rings. The van der Waals surface area contributed by atoms with Gasteiger partial charge in [0.1, 0.15) is 0 Å². The van der Waals surface area contributed by atoms with E-state index in [9.17, 15) is 4.79 Å². The van der Waals surface area contributed by atoms with Gasteiger partial charge in [0.05, 0.1) is 13.5 Å². The normalized spacial score (nSPS) is 11.2. The molecule has 1 rings (SSSR count). The second-order valence-corrected chi connectivity index (χ2v) is 4.30. The number of nitrogens with zero attached hydrogens (tertiary/aromatic N) is 1. The summed E-state index contributed by atoms with van der Waals surface area (Å²) in [6, 6.07) is 5.84. The first-order valence-corrected chi connectivity index (χ1v) is 4.96. The Balaban J connectivity index is 2.90. The molecular formula is C12H17NO2. The number of carbonyl (C=O) groups is 1. The minimum Gasteiger partial charge on any atom is -0.469 e. The first-order chi connectivity index (χ1) is 6.95. The van der Waals surface area contributed by atoms with Gasteiger partial charge in [-0.15, -0.1) is 0 Å². The summed E-state index contributed by atoms with van der Waals surface area (Å²) in [4.78, 5) is 15.7. The van der Waals surface area contributed by atoms with Crippen LogP contribution in [0.4, 0.5) is 0 Å². The fourth-order valence-corrected chi connectivity index (χ4v) is 1.44. The smallest absolute Gasteiger partial charge is 0.306 e. The molecule has 1 heterocycles. The maximum atomic E-state index is 11.2. The number of aromatic nitrogens is 1. The quantitative estimate of drug-likeness (QED) is 0.713. The Bertz CT molecular complexity index is 358. The van der Waals surface area contributed by atoms with Crippen LogP contribution in [0.25, 0.3) is 0 Å². The largest absolute Gasteiger partial charge is 0.469 e. The van der Waals surface area contributed by atoms with Crippen molar-refractivity contribution in [3.05, 3.63) is 29.6 Å². The number of esters is 1. The van der Waals surface area contributed by atoms with E-state index in [1.165, 1.54) is 7.11 Å². The molecule has 82 valence electrons. The monoisotopic (exact) mass is 207 g/mol. The molecule has 15 heavy (non-hydrogen) atoms. The van der Waals surface area contributed by atoms with E-state index in [1.807, 2.05) is 39.0 Å². The number of rotatable bonds is 3. The van der Waals surface area contributed by atoms with Crippen molar-refractivity contribution in [3.63, 3.8) is 0 Å². The maximum absolute atomic E-state index is 11.2. The first kappa shape index (κ1) is 11.7. The third-order valence-electron chi connectivity index (χ3n) is 2.40. The van der Waals surface area contributed by atoms with Crippen LogP contribution in [0.5, 0.6) is 0 Å². The summed E-state index contributed by atoms with van der Waals surface area (Å²) in [5.74, 6) is -0.205. The van der Waals surface area contributed by atoms with E-state index in [1.54, 1.807) is 0 Å². The Hall–Kier alpha value is -1.38. The number of aryl methyl sites for hydroxylation is 1. The van der Waals surface area contributed by atoms with E-state index < -0.39 is 0 Å². The SMILES string of the molecule is COC(=O)CC(C)(C)c1cccc(C)n1. The summed E-state index contributed by atoms with van der Waals surface area (Å²) in [6.07, 6.45) is 0.347. The molecule has 0 aliphatic carbocycles. The van der Waals surface area contributed by atoms with Gasteiger partial charge in [-0.2, -0.15) is 0 Å². The highest BCUT2D eigenvalue weighted by Gasteiger charge is 2.26. The summed E-state index contributed by atoms with van der Waals surface area (Å²) in [5, 5.41) is 0. The van der Waals surface area contributed by atoms with Crippen molar-refractivity contribution in [2.75, 3.05) is 7.11 Å². The fraction of sp³-hybridized carbons (Fsp3) is 0.500. The van der Waals surface area contributed by atoms with E-state index in [2.05, 4.69) is 9.72 Å². The first-order valence-electron chi connectivity index (χ1n) is 4.96. The zero-order valence-corrected chi connectivity index (χ0v) is 9.70. The average molecular weight is 207 g/mol. The maximum Gasteiger partial charge on any atom is 0.306 e. The van der Waals surface area contributed by atoms with Crippen LogP contribution in [0.3, 0.4) is 0 Å².